The minimum absolute atomic E-state index is 0.0330. The molecule has 26 heteroatoms. The van der Waals surface area contributed by atoms with E-state index >= 15 is 0 Å². The second-order valence-electron chi connectivity index (χ2n) is 22.7. The first kappa shape index (κ1) is 70.6. The van der Waals surface area contributed by atoms with Gasteiger partial charge in [-0.1, -0.05) is 60.3 Å². The van der Waals surface area contributed by atoms with Crippen molar-refractivity contribution in [2.24, 2.45) is 0 Å². The standard InChI is InChI=1S/C61H82N4O20S2/c1-60(2)42-30-40(58(78)62-32-46(68)54(74)56(76)48(70)34-66)17-21-44(42)64(26-5-7-28-86-84-82-80)50(60)23-19-37-10-9-11-38(53(37)39-15-12-36(13-16-39)14-25-52(72)73)20-24-51-61(3,4)43-31-41(18-22-45(43)65(51)27-6-8-29-87-85-83-81)59(79)63-33-47(69)55(75)57(77)49(71)35-67/h12-13,15-24,30-31,46-49,54-57,66-71,74-77H,5-11,14,25-29,32-35H2,1-4H3,(H4-,62,63,72,73,78,79,80,81)/p+1. The molecule has 0 saturated heterocycles. The SMILES string of the molecule is CC1(C)C(/C=C/C2=C(c3ccc(CCC(=O)O)cc3)C(=C/C=C3/N(CCCCSOOO)c4ccc(C(=O)NCC(O)C(O)C(O)C(O)CO)cc4C3(C)C)/CCC2)=[N+](CCCCSOOO)c2ccc(C(=O)NCC(O)C(O)C(O)C(O)CO)cc21. The van der Waals surface area contributed by atoms with E-state index in [-0.39, 0.29) is 17.5 Å². The van der Waals surface area contributed by atoms with Gasteiger partial charge in [-0.25, -0.2) is 10.5 Å². The number of aliphatic hydroxyl groups excluding tert-OH is 10. The van der Waals surface area contributed by atoms with Gasteiger partial charge in [0.2, 0.25) is 5.69 Å². The number of hydrogen-bond acceptors (Lipinski definition) is 22. The number of nitrogens with one attached hydrogen (secondary N) is 2. The normalized spacial score (nSPS) is 19.2. The third-order valence-corrected chi connectivity index (χ3v) is 17.3. The Morgan fingerprint density at radius 1 is 0.667 bits per heavy atom. The van der Waals surface area contributed by atoms with Gasteiger partial charge in [-0.05, 0) is 129 Å². The fourth-order valence-electron chi connectivity index (χ4n) is 11.1. The summed E-state index contributed by atoms with van der Waals surface area (Å²) in [6.07, 6.45) is -0.493. The van der Waals surface area contributed by atoms with Gasteiger partial charge < -0.3 is 71.7 Å². The number of carbonyl (C=O) groups excluding carboxylic acids is 2. The molecule has 0 radical (unpaired) electrons. The highest BCUT2D eigenvalue weighted by Gasteiger charge is 2.45. The van der Waals surface area contributed by atoms with Crippen LogP contribution in [0, 0.1) is 0 Å². The van der Waals surface area contributed by atoms with Gasteiger partial charge in [0.05, 0.1) is 30.8 Å². The Morgan fingerprint density at radius 2 is 1.22 bits per heavy atom. The number of anilines is 1. The predicted octanol–water partition coefficient (Wildman–Crippen LogP) is 3.91. The Kier molecular flexibility index (Phi) is 27.1. The van der Waals surface area contributed by atoms with E-state index in [4.69, 9.17) is 10.5 Å². The van der Waals surface area contributed by atoms with Crippen LogP contribution >= 0.6 is 24.1 Å². The summed E-state index contributed by atoms with van der Waals surface area (Å²) in [4.78, 5) is 41.1. The summed E-state index contributed by atoms with van der Waals surface area (Å²) < 4.78 is 11.4. The van der Waals surface area contributed by atoms with Crippen molar-refractivity contribution in [2.75, 3.05) is 55.8 Å². The van der Waals surface area contributed by atoms with Gasteiger partial charge in [-0.2, -0.15) is 4.58 Å². The van der Waals surface area contributed by atoms with Crippen LogP contribution in [0.1, 0.15) is 122 Å². The Labute approximate surface area is 513 Å². The van der Waals surface area contributed by atoms with Crippen LogP contribution in [0.4, 0.5) is 11.4 Å². The van der Waals surface area contributed by atoms with Crippen LogP contribution in [-0.4, -0.2) is 194 Å². The molecule has 0 bridgehead atoms. The summed E-state index contributed by atoms with van der Waals surface area (Å²) >= 11 is 1.92. The summed E-state index contributed by atoms with van der Waals surface area (Å²) in [5, 5.41) is 140. The fourth-order valence-corrected chi connectivity index (χ4v) is 12.0. The number of carboxylic acid groups (broad SMARTS) is 1. The number of aryl methyl sites for hydroxylation is 1. The zero-order valence-electron chi connectivity index (χ0n) is 49.1. The monoisotopic (exact) mass is 1260 g/mol. The maximum Gasteiger partial charge on any atom is 0.303 e. The number of carbonyl (C=O) groups is 3. The number of allylic oxidation sites excluding steroid dienone is 8. The number of fused-ring (bicyclic) bond motifs is 2. The van der Waals surface area contributed by atoms with Crippen LogP contribution in [-0.2, 0) is 40.8 Å². The third-order valence-electron chi connectivity index (χ3n) is 16.1. The highest BCUT2D eigenvalue weighted by molar-refractivity contribution is 7.94. The topological polar surface area (TPSA) is 381 Å². The van der Waals surface area contributed by atoms with Crippen LogP contribution in [0.25, 0.3) is 5.57 Å². The lowest BCUT2D eigenvalue weighted by molar-refractivity contribution is -0.438. The van der Waals surface area contributed by atoms with Crippen molar-refractivity contribution in [3.63, 3.8) is 0 Å². The predicted molar refractivity (Wildman–Crippen MR) is 324 cm³/mol. The first-order valence-electron chi connectivity index (χ1n) is 28.8. The Balaban J connectivity index is 1.40. The molecule has 8 unspecified atom stereocenters. The number of rotatable bonds is 35. The third kappa shape index (κ3) is 18.1. The molecule has 1 aliphatic carbocycles. The van der Waals surface area contributed by atoms with Crippen molar-refractivity contribution >= 4 is 64.5 Å². The largest absolute Gasteiger partial charge is 0.481 e. The van der Waals surface area contributed by atoms with E-state index in [2.05, 4.69) is 90.9 Å². The first-order valence-corrected chi connectivity index (χ1v) is 30.6. The highest BCUT2D eigenvalue weighted by atomic mass is 32.2. The van der Waals surface area contributed by atoms with Crippen LogP contribution in [0.3, 0.4) is 0 Å². The lowest BCUT2D eigenvalue weighted by Crippen LogP contribution is -2.49. The van der Waals surface area contributed by atoms with Crippen molar-refractivity contribution in [1.82, 2.24) is 10.6 Å². The first-order chi connectivity index (χ1) is 41.5. The molecule has 0 saturated carbocycles. The summed E-state index contributed by atoms with van der Waals surface area (Å²) in [5.41, 5.74) is 9.19. The minimum Gasteiger partial charge on any atom is -0.481 e. The average molecular weight is 1260 g/mol. The number of aliphatic carboxylic acids is 1. The van der Waals surface area contributed by atoms with Crippen molar-refractivity contribution in [3.8, 4) is 0 Å². The number of unbranched alkanes of at least 4 members (excludes halogenated alkanes) is 2. The van der Waals surface area contributed by atoms with E-state index in [1.807, 2.05) is 36.4 Å². The zero-order chi connectivity index (χ0) is 63.6. The fraction of sp³-hybridized carbons (Fsp3) is 0.508. The zero-order valence-corrected chi connectivity index (χ0v) is 50.7. The number of carboxylic acids is 1. The maximum atomic E-state index is 13.7. The maximum absolute atomic E-state index is 13.7. The van der Waals surface area contributed by atoms with Crippen molar-refractivity contribution in [1.29, 1.82) is 0 Å². The van der Waals surface area contributed by atoms with Gasteiger partial charge in [0.1, 0.15) is 43.2 Å². The molecule has 8 atom stereocenters. The molecule has 0 aromatic heterocycles. The molecule has 3 aromatic rings. The van der Waals surface area contributed by atoms with Gasteiger partial charge >= 0.3 is 5.97 Å². The van der Waals surface area contributed by atoms with E-state index in [0.717, 1.165) is 92.3 Å². The van der Waals surface area contributed by atoms with E-state index in [1.165, 1.54) is 0 Å². The Bertz CT molecular complexity index is 2970. The number of hydrogen-bond donors (Lipinski definition) is 15. The van der Waals surface area contributed by atoms with Gasteiger partial charge in [0.15, 0.2) is 5.71 Å². The second kappa shape index (κ2) is 33.4. The molecule has 87 heavy (non-hydrogen) atoms. The van der Waals surface area contributed by atoms with Crippen LogP contribution < -0.4 is 15.5 Å². The number of nitrogens with zero attached hydrogens (tertiary/aromatic N) is 2. The Morgan fingerprint density at radius 3 is 1.78 bits per heavy atom. The highest BCUT2D eigenvalue weighted by Crippen LogP contribution is 2.49. The van der Waals surface area contributed by atoms with E-state index in [1.54, 1.807) is 24.3 Å². The van der Waals surface area contributed by atoms with Crippen LogP contribution in [0.5, 0.6) is 0 Å². The van der Waals surface area contributed by atoms with Crippen LogP contribution in [0.15, 0.2) is 102 Å². The molecular formula is C61H83N4O20S2+. The molecule has 2 heterocycles. The van der Waals surface area contributed by atoms with E-state index in [9.17, 15) is 70.6 Å². The molecule has 6 rings (SSSR count). The van der Waals surface area contributed by atoms with E-state index in [0.29, 0.717) is 69.5 Å². The molecule has 3 aliphatic rings. The molecule has 478 valence electrons. The van der Waals surface area contributed by atoms with Crippen molar-refractivity contribution in [3.05, 3.63) is 135 Å². The number of aliphatic hydroxyl groups is 10. The van der Waals surface area contributed by atoms with Crippen molar-refractivity contribution in [2.45, 2.75) is 145 Å². The molecule has 3 aromatic carbocycles. The molecule has 15 N–H and O–H groups in total. The smallest absolute Gasteiger partial charge is 0.303 e. The summed E-state index contributed by atoms with van der Waals surface area (Å²) in [7, 11) is 0. The molecular weight excluding hydrogens is 1170 g/mol. The van der Waals surface area contributed by atoms with E-state index < -0.39 is 104 Å². The second-order valence-corrected chi connectivity index (χ2v) is 24.2. The van der Waals surface area contributed by atoms with Gasteiger partial charge in [0, 0.05) is 114 Å². The summed E-state index contributed by atoms with van der Waals surface area (Å²) in [6.45, 7) is 6.69. The lowest BCUT2D eigenvalue weighted by Gasteiger charge is -2.28. The molecule has 0 fully saturated rings. The van der Waals surface area contributed by atoms with Gasteiger partial charge in [-0.3, -0.25) is 14.4 Å². The molecule has 0 spiro atoms. The number of benzene rings is 3. The summed E-state index contributed by atoms with van der Waals surface area (Å²) in [5.74, 6) is -1.00. The van der Waals surface area contributed by atoms with Crippen molar-refractivity contribution < 1.29 is 104 Å². The van der Waals surface area contributed by atoms with Gasteiger partial charge in [-0.15, -0.1) is 8.67 Å². The quantitative estimate of drug-likeness (QED) is 0.0130. The minimum atomic E-state index is -1.86. The molecule has 24 nitrogen and oxygen atoms in total. The van der Waals surface area contributed by atoms with Crippen LogP contribution in [0.2, 0.25) is 0 Å². The lowest BCUT2D eigenvalue weighted by atomic mass is 9.79. The Hall–Kier alpha value is -5.44. The van der Waals surface area contributed by atoms with Gasteiger partial charge in [0.25, 0.3) is 11.8 Å². The molecule has 2 aliphatic heterocycles. The molecule has 2 amide bonds. The average Bonchev–Trinajstić information content (AvgIpc) is 1.67. The summed E-state index contributed by atoms with van der Waals surface area (Å²) in [6, 6.07) is 18.5. The number of amides is 2.